The molecular weight excluding hydrogens is 310 g/mol. The molecule has 0 bridgehead atoms. The first-order valence-corrected chi connectivity index (χ1v) is 8.36. The Morgan fingerprint density at radius 3 is 3.04 bits per heavy atom. The average molecular weight is 325 g/mol. The van der Waals surface area contributed by atoms with Gasteiger partial charge in [-0.15, -0.1) is 11.3 Å². The molecule has 0 radical (unpaired) electrons. The van der Waals surface area contributed by atoms with Crippen molar-refractivity contribution >= 4 is 33.1 Å². The van der Waals surface area contributed by atoms with Crippen LogP contribution < -0.4 is 10.5 Å². The third-order valence-electron chi connectivity index (χ3n) is 4.23. The Hall–Kier alpha value is -2.47. The molecule has 23 heavy (non-hydrogen) atoms. The molecule has 0 spiro atoms. The van der Waals surface area contributed by atoms with Crippen LogP contribution in [0, 0.1) is 0 Å². The van der Waals surface area contributed by atoms with Gasteiger partial charge in [-0.2, -0.15) is 0 Å². The summed E-state index contributed by atoms with van der Waals surface area (Å²) in [6.07, 6.45) is 2.31. The molecule has 4 rings (SSSR count). The number of hydrogen-bond donors (Lipinski definition) is 0. The van der Waals surface area contributed by atoms with Gasteiger partial charge in [-0.05, 0) is 36.4 Å². The molecule has 0 N–H and O–H groups in total. The van der Waals surface area contributed by atoms with Crippen molar-refractivity contribution in [3.8, 4) is 0 Å². The number of rotatable bonds is 2. The number of nitrogens with zero attached hydrogens (tertiary/aromatic N) is 3. The fourth-order valence-corrected chi connectivity index (χ4v) is 3.90. The molecule has 116 valence electrons. The number of para-hydroxylation sites is 1. The fourth-order valence-electron chi connectivity index (χ4n) is 3.17. The van der Waals surface area contributed by atoms with E-state index in [9.17, 15) is 9.59 Å². The van der Waals surface area contributed by atoms with Crippen LogP contribution in [0.4, 0.5) is 5.69 Å². The van der Waals surface area contributed by atoms with E-state index in [0.717, 1.165) is 12.1 Å². The van der Waals surface area contributed by atoms with E-state index in [1.807, 2.05) is 36.6 Å². The molecule has 0 fully saturated rings. The van der Waals surface area contributed by atoms with E-state index in [1.165, 1.54) is 27.8 Å². The topological polar surface area (TPSA) is 55.2 Å². The highest BCUT2D eigenvalue weighted by atomic mass is 32.1. The molecule has 1 aliphatic heterocycles. The summed E-state index contributed by atoms with van der Waals surface area (Å²) >= 11 is 1.43. The first-order chi connectivity index (χ1) is 11.1. The highest BCUT2D eigenvalue weighted by Crippen LogP contribution is 2.31. The van der Waals surface area contributed by atoms with Crippen molar-refractivity contribution in [1.29, 1.82) is 0 Å². The van der Waals surface area contributed by atoms with Crippen LogP contribution in [0.15, 0.2) is 46.8 Å². The van der Waals surface area contributed by atoms with Crippen molar-refractivity contribution < 1.29 is 4.79 Å². The average Bonchev–Trinajstić information content (AvgIpc) is 3.13. The second-order valence-electron chi connectivity index (χ2n) is 5.76. The number of anilines is 1. The van der Waals surface area contributed by atoms with Gasteiger partial charge in [-0.1, -0.05) is 18.2 Å². The number of hydrogen-bond acceptors (Lipinski definition) is 4. The maximum atomic E-state index is 12.8. The van der Waals surface area contributed by atoms with Crippen molar-refractivity contribution in [3.05, 3.63) is 58.0 Å². The highest BCUT2D eigenvalue weighted by Gasteiger charge is 2.30. The highest BCUT2D eigenvalue weighted by molar-refractivity contribution is 7.16. The van der Waals surface area contributed by atoms with E-state index in [-0.39, 0.29) is 24.1 Å². The summed E-state index contributed by atoms with van der Waals surface area (Å²) in [6.45, 7) is 2.04. The van der Waals surface area contributed by atoms with E-state index in [1.54, 1.807) is 11.0 Å². The quantitative estimate of drug-likeness (QED) is 0.727. The Bertz CT molecular complexity index is 960. The number of fused-ring (bicyclic) bond motifs is 2. The molecule has 1 atom stereocenters. The van der Waals surface area contributed by atoms with Crippen LogP contribution in [0.2, 0.25) is 0 Å². The summed E-state index contributed by atoms with van der Waals surface area (Å²) in [5.41, 5.74) is 1.96. The van der Waals surface area contributed by atoms with Crippen LogP contribution >= 0.6 is 11.3 Å². The molecule has 0 aliphatic carbocycles. The monoisotopic (exact) mass is 325 g/mol. The molecule has 6 heteroatoms. The van der Waals surface area contributed by atoms with Gasteiger partial charge in [0.05, 0.1) is 11.7 Å². The molecule has 0 saturated heterocycles. The van der Waals surface area contributed by atoms with Gasteiger partial charge >= 0.3 is 0 Å². The minimum atomic E-state index is -0.162. The lowest BCUT2D eigenvalue weighted by molar-refractivity contribution is -0.119. The standard InChI is InChI=1S/C17H15N3O2S/c1-11-8-12-4-2-3-5-14(12)20(11)15(21)9-19-10-18-16-13(17(19)22)6-7-23-16/h2-7,10-11H,8-9H2,1H3. The molecule has 3 heterocycles. The summed E-state index contributed by atoms with van der Waals surface area (Å²) in [4.78, 5) is 31.9. The largest absolute Gasteiger partial charge is 0.307 e. The van der Waals surface area contributed by atoms with E-state index in [0.29, 0.717) is 10.2 Å². The zero-order valence-electron chi connectivity index (χ0n) is 12.6. The normalized spacial score (nSPS) is 16.7. The minimum absolute atomic E-state index is 0.0102. The van der Waals surface area contributed by atoms with Gasteiger partial charge in [0.1, 0.15) is 11.4 Å². The van der Waals surface area contributed by atoms with Gasteiger partial charge < -0.3 is 4.90 Å². The van der Waals surface area contributed by atoms with Gasteiger partial charge in [-0.25, -0.2) is 4.98 Å². The molecule has 3 aromatic rings. The molecule has 1 unspecified atom stereocenters. The maximum absolute atomic E-state index is 12.8. The van der Waals surface area contributed by atoms with Gasteiger partial charge in [0.15, 0.2) is 0 Å². The second-order valence-corrected chi connectivity index (χ2v) is 6.66. The number of benzene rings is 1. The molecule has 5 nitrogen and oxygen atoms in total. The number of carbonyl (C=O) groups is 1. The summed E-state index contributed by atoms with van der Waals surface area (Å²) in [6, 6.07) is 9.78. The smallest absolute Gasteiger partial charge is 0.262 e. The number of aromatic nitrogens is 2. The number of carbonyl (C=O) groups excluding carboxylic acids is 1. The lowest BCUT2D eigenvalue weighted by Crippen LogP contribution is -2.39. The van der Waals surface area contributed by atoms with Gasteiger partial charge in [0.25, 0.3) is 5.56 Å². The maximum Gasteiger partial charge on any atom is 0.262 e. The van der Waals surface area contributed by atoms with Crippen LogP contribution in [0.5, 0.6) is 0 Å². The van der Waals surface area contributed by atoms with Crippen LogP contribution in [-0.2, 0) is 17.8 Å². The van der Waals surface area contributed by atoms with E-state index >= 15 is 0 Å². The van der Waals surface area contributed by atoms with Crippen molar-refractivity contribution in [2.75, 3.05) is 4.90 Å². The number of amides is 1. The molecule has 1 aliphatic rings. The first-order valence-electron chi connectivity index (χ1n) is 7.48. The van der Waals surface area contributed by atoms with Crippen LogP contribution in [0.25, 0.3) is 10.2 Å². The van der Waals surface area contributed by atoms with Crippen LogP contribution in [0.3, 0.4) is 0 Å². The first kappa shape index (κ1) is 14.1. The van der Waals surface area contributed by atoms with Crippen molar-refractivity contribution in [3.63, 3.8) is 0 Å². The van der Waals surface area contributed by atoms with Crippen molar-refractivity contribution in [1.82, 2.24) is 9.55 Å². The van der Waals surface area contributed by atoms with Crippen LogP contribution in [0.1, 0.15) is 12.5 Å². The van der Waals surface area contributed by atoms with Gasteiger partial charge in [0, 0.05) is 11.7 Å². The van der Waals surface area contributed by atoms with Crippen LogP contribution in [-0.4, -0.2) is 21.5 Å². The lowest BCUT2D eigenvalue weighted by atomic mass is 10.1. The SMILES string of the molecule is CC1Cc2ccccc2N1C(=O)Cn1cnc2sccc2c1=O. The Morgan fingerprint density at radius 1 is 1.35 bits per heavy atom. The number of thiophene rings is 1. The predicted octanol–water partition coefficient (Wildman–Crippen LogP) is 2.44. The minimum Gasteiger partial charge on any atom is -0.307 e. The van der Waals surface area contributed by atoms with Crippen molar-refractivity contribution in [2.24, 2.45) is 0 Å². The molecule has 0 saturated carbocycles. The predicted molar refractivity (Wildman–Crippen MR) is 91.0 cm³/mol. The van der Waals surface area contributed by atoms with E-state index in [4.69, 9.17) is 0 Å². The summed E-state index contributed by atoms with van der Waals surface area (Å²) in [5, 5.41) is 2.41. The fraction of sp³-hybridized carbons (Fsp3) is 0.235. The zero-order valence-corrected chi connectivity index (χ0v) is 13.4. The molecule has 1 amide bonds. The van der Waals surface area contributed by atoms with E-state index < -0.39 is 0 Å². The third-order valence-corrected chi connectivity index (χ3v) is 5.05. The summed E-state index contributed by atoms with van der Waals surface area (Å²) in [5.74, 6) is -0.0825. The Kier molecular flexibility index (Phi) is 3.27. The lowest BCUT2D eigenvalue weighted by Gasteiger charge is -2.23. The second kappa shape index (κ2) is 5.31. The van der Waals surface area contributed by atoms with Crippen molar-refractivity contribution in [2.45, 2.75) is 25.9 Å². The summed E-state index contributed by atoms with van der Waals surface area (Å²) < 4.78 is 1.39. The third kappa shape index (κ3) is 2.26. The zero-order chi connectivity index (χ0) is 16.0. The molecule has 1 aromatic carbocycles. The molecular formula is C17H15N3O2S. The van der Waals surface area contributed by atoms with Gasteiger partial charge in [-0.3, -0.25) is 14.2 Å². The molecule has 2 aromatic heterocycles. The Labute approximate surface area is 136 Å². The van der Waals surface area contributed by atoms with Gasteiger partial charge in [0.2, 0.25) is 5.91 Å². The Morgan fingerprint density at radius 2 is 2.17 bits per heavy atom. The Balaban J connectivity index is 1.67. The van der Waals surface area contributed by atoms with E-state index in [2.05, 4.69) is 4.98 Å². The summed E-state index contributed by atoms with van der Waals surface area (Å²) in [7, 11) is 0.